The Labute approximate surface area is 114 Å². The summed E-state index contributed by atoms with van der Waals surface area (Å²) in [7, 11) is 1.82. The Kier molecular flexibility index (Phi) is 4.64. The smallest absolute Gasteiger partial charge is 0.224 e. The zero-order valence-corrected chi connectivity index (χ0v) is 11.9. The van der Waals surface area contributed by atoms with Crippen molar-refractivity contribution in [2.75, 3.05) is 30.4 Å². The molecule has 0 aliphatic carbocycles. The summed E-state index contributed by atoms with van der Waals surface area (Å²) in [5, 5.41) is 3.60. The normalized spacial score (nSPS) is 20.6. The van der Waals surface area contributed by atoms with E-state index in [0.29, 0.717) is 11.0 Å². The van der Waals surface area contributed by atoms with Gasteiger partial charge in [-0.05, 0) is 25.2 Å². The molecule has 1 fully saturated rings. The molecule has 1 N–H and O–H groups in total. The van der Waals surface area contributed by atoms with Crippen LogP contribution in [0.1, 0.15) is 32.6 Å². The summed E-state index contributed by atoms with van der Waals surface area (Å²) in [4.78, 5) is 10.9. The zero-order chi connectivity index (χ0) is 13.0. The van der Waals surface area contributed by atoms with Gasteiger partial charge >= 0.3 is 0 Å². The first-order valence-corrected chi connectivity index (χ1v) is 7.07. The summed E-state index contributed by atoms with van der Waals surface area (Å²) in [5.41, 5.74) is 0. The van der Waals surface area contributed by atoms with Gasteiger partial charge in [0.1, 0.15) is 5.02 Å². The Balaban J connectivity index is 2.15. The van der Waals surface area contributed by atoms with Crippen molar-refractivity contribution < 1.29 is 0 Å². The van der Waals surface area contributed by atoms with Crippen molar-refractivity contribution in [1.82, 2.24) is 9.97 Å². The largest absolute Gasteiger partial charge is 0.357 e. The van der Waals surface area contributed by atoms with Gasteiger partial charge in [-0.25, -0.2) is 4.98 Å². The van der Waals surface area contributed by atoms with Crippen LogP contribution in [0.3, 0.4) is 0 Å². The highest BCUT2D eigenvalue weighted by Crippen LogP contribution is 2.28. The molecule has 1 aliphatic rings. The highest BCUT2D eigenvalue weighted by atomic mass is 35.5. The summed E-state index contributed by atoms with van der Waals surface area (Å²) >= 11 is 6.22. The average molecular weight is 269 g/mol. The number of nitrogens with zero attached hydrogens (tertiary/aromatic N) is 3. The summed E-state index contributed by atoms with van der Waals surface area (Å²) in [6.45, 7) is 4.35. The molecule has 0 aromatic carbocycles. The molecule has 1 atom stereocenters. The van der Waals surface area contributed by atoms with E-state index in [-0.39, 0.29) is 0 Å². The van der Waals surface area contributed by atoms with Crippen LogP contribution in [0.15, 0.2) is 6.20 Å². The fourth-order valence-corrected chi connectivity index (χ4v) is 2.70. The summed E-state index contributed by atoms with van der Waals surface area (Å²) < 4.78 is 0. The van der Waals surface area contributed by atoms with E-state index in [2.05, 4.69) is 27.1 Å². The first kappa shape index (κ1) is 13.4. The Morgan fingerprint density at radius 3 is 3.00 bits per heavy atom. The Hall–Kier alpha value is -1.03. The van der Waals surface area contributed by atoms with Gasteiger partial charge in [-0.1, -0.05) is 24.9 Å². The number of hydrogen-bond acceptors (Lipinski definition) is 4. The van der Waals surface area contributed by atoms with E-state index < -0.39 is 0 Å². The lowest BCUT2D eigenvalue weighted by Gasteiger charge is -2.22. The van der Waals surface area contributed by atoms with Crippen molar-refractivity contribution in [3.05, 3.63) is 11.2 Å². The maximum atomic E-state index is 6.22. The molecule has 1 aliphatic heterocycles. The van der Waals surface area contributed by atoms with Crippen LogP contribution in [-0.2, 0) is 0 Å². The van der Waals surface area contributed by atoms with Gasteiger partial charge in [-0.3, -0.25) is 0 Å². The van der Waals surface area contributed by atoms with Gasteiger partial charge in [0, 0.05) is 20.1 Å². The van der Waals surface area contributed by atoms with Gasteiger partial charge in [0.15, 0.2) is 5.82 Å². The molecule has 0 bridgehead atoms. The lowest BCUT2D eigenvalue weighted by Crippen LogP contribution is -2.26. The molecule has 1 unspecified atom stereocenters. The van der Waals surface area contributed by atoms with Crippen molar-refractivity contribution in [2.45, 2.75) is 32.6 Å². The molecule has 2 heterocycles. The quantitative estimate of drug-likeness (QED) is 0.914. The second-order valence-corrected chi connectivity index (χ2v) is 5.21. The molecule has 18 heavy (non-hydrogen) atoms. The Morgan fingerprint density at radius 2 is 2.28 bits per heavy atom. The maximum absolute atomic E-state index is 6.22. The fraction of sp³-hybridized carbons (Fsp3) is 0.692. The minimum absolute atomic E-state index is 0.630. The number of anilines is 2. The fourth-order valence-electron chi connectivity index (χ4n) is 2.49. The van der Waals surface area contributed by atoms with Crippen molar-refractivity contribution >= 4 is 23.4 Å². The van der Waals surface area contributed by atoms with Crippen LogP contribution < -0.4 is 10.2 Å². The second kappa shape index (κ2) is 6.23. The van der Waals surface area contributed by atoms with Crippen LogP contribution in [0, 0.1) is 5.92 Å². The van der Waals surface area contributed by atoms with E-state index in [1.807, 2.05) is 7.05 Å². The van der Waals surface area contributed by atoms with Gasteiger partial charge in [-0.2, -0.15) is 4.98 Å². The van der Waals surface area contributed by atoms with Crippen molar-refractivity contribution in [3.63, 3.8) is 0 Å². The third-order valence-electron chi connectivity index (χ3n) is 3.67. The van der Waals surface area contributed by atoms with E-state index in [1.54, 1.807) is 6.20 Å². The van der Waals surface area contributed by atoms with Crippen LogP contribution in [-0.4, -0.2) is 30.1 Å². The Bertz CT molecular complexity index is 397. The molecule has 0 spiro atoms. The van der Waals surface area contributed by atoms with Crippen LogP contribution >= 0.6 is 11.6 Å². The van der Waals surface area contributed by atoms with Crippen molar-refractivity contribution in [2.24, 2.45) is 5.92 Å². The minimum atomic E-state index is 0.630. The molecule has 5 heteroatoms. The number of nitrogens with one attached hydrogen (secondary N) is 1. The second-order valence-electron chi connectivity index (χ2n) is 4.81. The molecule has 1 saturated heterocycles. The van der Waals surface area contributed by atoms with E-state index in [4.69, 9.17) is 11.6 Å². The summed E-state index contributed by atoms with van der Waals surface area (Å²) in [6.07, 6.45) is 6.71. The lowest BCUT2D eigenvalue weighted by molar-refractivity contribution is 0.459. The molecular weight excluding hydrogens is 248 g/mol. The van der Waals surface area contributed by atoms with Gasteiger partial charge in [0.05, 0.1) is 6.20 Å². The SMILES string of the molecule is CCC1CCCN(c2nc(NC)ncc2Cl)CC1. The molecule has 100 valence electrons. The first-order valence-electron chi connectivity index (χ1n) is 6.69. The number of aromatic nitrogens is 2. The van der Waals surface area contributed by atoms with Gasteiger partial charge < -0.3 is 10.2 Å². The lowest BCUT2D eigenvalue weighted by atomic mass is 9.98. The predicted octanol–water partition coefficient (Wildman–Crippen LogP) is 3.19. The topological polar surface area (TPSA) is 41.1 Å². The van der Waals surface area contributed by atoms with Crippen molar-refractivity contribution in [1.29, 1.82) is 0 Å². The van der Waals surface area contributed by atoms with Crippen LogP contribution in [0.2, 0.25) is 5.02 Å². The number of rotatable bonds is 3. The van der Waals surface area contributed by atoms with Gasteiger partial charge in [0.2, 0.25) is 5.95 Å². The summed E-state index contributed by atoms with van der Waals surface area (Å²) in [5.74, 6) is 2.35. The minimum Gasteiger partial charge on any atom is -0.357 e. The van der Waals surface area contributed by atoms with Crippen LogP contribution in [0.4, 0.5) is 11.8 Å². The van der Waals surface area contributed by atoms with Crippen LogP contribution in [0.5, 0.6) is 0 Å². The molecular formula is C13H21ClN4. The Morgan fingerprint density at radius 1 is 1.44 bits per heavy atom. The van der Waals surface area contributed by atoms with Gasteiger partial charge in [0.25, 0.3) is 0 Å². The third-order valence-corrected chi connectivity index (χ3v) is 3.94. The molecule has 0 amide bonds. The van der Waals surface area contributed by atoms with E-state index >= 15 is 0 Å². The number of hydrogen-bond donors (Lipinski definition) is 1. The monoisotopic (exact) mass is 268 g/mol. The highest BCUT2D eigenvalue weighted by molar-refractivity contribution is 6.32. The van der Waals surface area contributed by atoms with E-state index in [0.717, 1.165) is 24.8 Å². The highest BCUT2D eigenvalue weighted by Gasteiger charge is 2.19. The average Bonchev–Trinajstić information content (AvgIpc) is 2.64. The maximum Gasteiger partial charge on any atom is 0.224 e. The van der Waals surface area contributed by atoms with E-state index in [1.165, 1.54) is 25.7 Å². The van der Waals surface area contributed by atoms with Crippen LogP contribution in [0.25, 0.3) is 0 Å². The third kappa shape index (κ3) is 3.05. The number of halogens is 1. The first-order chi connectivity index (χ1) is 8.74. The molecule has 1 aromatic rings. The van der Waals surface area contributed by atoms with Crippen molar-refractivity contribution in [3.8, 4) is 0 Å². The molecule has 0 radical (unpaired) electrons. The molecule has 0 saturated carbocycles. The van der Waals surface area contributed by atoms with E-state index in [9.17, 15) is 0 Å². The summed E-state index contributed by atoms with van der Waals surface area (Å²) in [6, 6.07) is 0. The zero-order valence-electron chi connectivity index (χ0n) is 11.1. The molecule has 4 nitrogen and oxygen atoms in total. The molecule has 2 rings (SSSR count). The van der Waals surface area contributed by atoms with Gasteiger partial charge in [-0.15, -0.1) is 0 Å². The predicted molar refractivity (Wildman–Crippen MR) is 76.4 cm³/mol. The molecule has 1 aromatic heterocycles. The standard InChI is InChI=1S/C13H21ClN4/c1-3-10-5-4-7-18(8-6-10)12-11(14)9-16-13(15-2)17-12/h9-10H,3-8H2,1-2H3,(H,15,16,17).